The Morgan fingerprint density at radius 2 is 1.80 bits per heavy atom. The Kier molecular flexibility index (Phi) is 7.99. The minimum Gasteiger partial charge on any atom is -0.172 e. The predicted molar refractivity (Wildman–Crippen MR) is 76.5 cm³/mol. The predicted octanol–water partition coefficient (Wildman–Crippen LogP) is 2.39. The van der Waals surface area contributed by atoms with E-state index in [1.165, 1.54) is 0 Å². The van der Waals surface area contributed by atoms with Gasteiger partial charge in [0, 0.05) is 28.2 Å². The van der Waals surface area contributed by atoms with Crippen molar-refractivity contribution in [3.05, 3.63) is 12.2 Å². The summed E-state index contributed by atoms with van der Waals surface area (Å²) in [6.45, 7) is 0. The molecular formula is C16H10O3P+. The Labute approximate surface area is 120 Å². The molecule has 1 aliphatic rings. The highest BCUT2D eigenvalue weighted by Crippen LogP contribution is 2.29. The van der Waals surface area contributed by atoms with Gasteiger partial charge in [-0.25, -0.2) is 0 Å². The van der Waals surface area contributed by atoms with Gasteiger partial charge in [0.05, 0.1) is 0 Å². The van der Waals surface area contributed by atoms with Crippen molar-refractivity contribution in [2.75, 3.05) is 0 Å². The third-order valence-electron chi connectivity index (χ3n) is 2.05. The molecule has 0 N–H and O–H groups in total. The molecule has 96 valence electrons. The second kappa shape index (κ2) is 10.3. The van der Waals surface area contributed by atoms with Crippen LogP contribution in [-0.2, 0) is 13.6 Å². The van der Waals surface area contributed by atoms with Crippen molar-refractivity contribution in [2.45, 2.75) is 25.4 Å². The maximum atomic E-state index is 11.4. The first kappa shape index (κ1) is 15.5. The molecule has 0 saturated carbocycles. The summed E-state index contributed by atoms with van der Waals surface area (Å²) in [4.78, 5) is 0. The molecule has 0 aromatic heterocycles. The van der Waals surface area contributed by atoms with Crippen LogP contribution in [0.2, 0.25) is 0 Å². The monoisotopic (exact) mass is 281 g/mol. The summed E-state index contributed by atoms with van der Waals surface area (Å²) in [6, 6.07) is 0. The van der Waals surface area contributed by atoms with Gasteiger partial charge >= 0.3 is 8.25 Å². The van der Waals surface area contributed by atoms with Gasteiger partial charge in [-0.2, -0.15) is 4.52 Å². The lowest BCUT2D eigenvalue weighted by Crippen LogP contribution is -2.08. The highest BCUT2D eigenvalue weighted by molar-refractivity contribution is 7.33. The standard InChI is InChI=1S/C16H10O3P/c1-2-3-4-5-6-7-8-12-15-18-20(17)19-16-13-10-9-11-14-16/h1,10,13,16H,9,11,14H2/q+1. The average molecular weight is 281 g/mol. The van der Waals surface area contributed by atoms with Crippen molar-refractivity contribution in [3.8, 4) is 59.9 Å². The Hall–Kier alpha value is -2.60. The Bertz CT molecular complexity index is 667. The minimum atomic E-state index is -2.26. The van der Waals surface area contributed by atoms with Crippen LogP contribution in [0.15, 0.2) is 12.2 Å². The number of terminal acetylenes is 1. The van der Waals surface area contributed by atoms with Crippen LogP contribution in [0.1, 0.15) is 19.3 Å². The minimum absolute atomic E-state index is 0.166. The van der Waals surface area contributed by atoms with Crippen LogP contribution in [0, 0.1) is 59.9 Å². The molecule has 0 amide bonds. The Balaban J connectivity index is 2.31. The van der Waals surface area contributed by atoms with E-state index in [-0.39, 0.29) is 6.10 Å². The number of hydrogen-bond acceptors (Lipinski definition) is 3. The van der Waals surface area contributed by atoms with Crippen LogP contribution in [0.5, 0.6) is 0 Å². The van der Waals surface area contributed by atoms with E-state index in [2.05, 4.69) is 58.0 Å². The molecule has 0 aliphatic heterocycles. The van der Waals surface area contributed by atoms with E-state index in [1.807, 2.05) is 12.2 Å². The molecule has 0 aromatic rings. The van der Waals surface area contributed by atoms with Gasteiger partial charge in [-0.05, 0) is 42.9 Å². The molecule has 0 heterocycles. The van der Waals surface area contributed by atoms with E-state index in [1.54, 1.807) is 0 Å². The normalized spacial score (nSPS) is 15.3. The maximum absolute atomic E-state index is 11.4. The summed E-state index contributed by atoms with van der Waals surface area (Å²) >= 11 is 0. The summed E-state index contributed by atoms with van der Waals surface area (Å²) in [5, 5.41) is 0. The first-order chi connectivity index (χ1) is 9.83. The van der Waals surface area contributed by atoms with E-state index in [4.69, 9.17) is 10.9 Å². The van der Waals surface area contributed by atoms with Crippen molar-refractivity contribution in [1.82, 2.24) is 0 Å². The first-order valence-corrected chi connectivity index (χ1v) is 6.85. The number of allylic oxidation sites excluding steroid dienone is 1. The lowest BCUT2D eigenvalue weighted by Gasteiger charge is -2.08. The van der Waals surface area contributed by atoms with Crippen LogP contribution < -0.4 is 0 Å². The largest absolute Gasteiger partial charge is 0.759 e. The molecule has 2 unspecified atom stereocenters. The van der Waals surface area contributed by atoms with E-state index in [0.717, 1.165) is 19.3 Å². The number of rotatable bonds is 3. The molecule has 0 aromatic carbocycles. The van der Waals surface area contributed by atoms with Gasteiger partial charge in [-0.3, -0.25) is 0 Å². The van der Waals surface area contributed by atoms with Gasteiger partial charge < -0.3 is 0 Å². The molecule has 2 atom stereocenters. The molecule has 0 bridgehead atoms. The van der Waals surface area contributed by atoms with Crippen molar-refractivity contribution < 1.29 is 13.6 Å². The molecule has 1 aliphatic carbocycles. The quantitative estimate of drug-likeness (QED) is 0.452. The summed E-state index contributed by atoms with van der Waals surface area (Å²) in [5.74, 6) is 18.8. The van der Waals surface area contributed by atoms with Crippen LogP contribution in [0.25, 0.3) is 0 Å². The zero-order chi connectivity index (χ0) is 14.5. The van der Waals surface area contributed by atoms with Crippen molar-refractivity contribution >= 4 is 8.25 Å². The molecule has 0 fully saturated rings. The second-order valence-electron chi connectivity index (χ2n) is 3.44. The zero-order valence-corrected chi connectivity index (χ0v) is 11.5. The van der Waals surface area contributed by atoms with Gasteiger partial charge in [0.2, 0.25) is 0 Å². The van der Waals surface area contributed by atoms with Gasteiger partial charge in [-0.15, -0.1) is 10.9 Å². The van der Waals surface area contributed by atoms with Crippen LogP contribution in [-0.4, -0.2) is 6.10 Å². The molecule has 0 spiro atoms. The smallest absolute Gasteiger partial charge is 0.172 e. The Morgan fingerprint density at radius 1 is 1.10 bits per heavy atom. The molecule has 0 saturated heterocycles. The first-order valence-electron chi connectivity index (χ1n) is 5.76. The average Bonchev–Trinajstić information content (AvgIpc) is 2.46. The van der Waals surface area contributed by atoms with Crippen LogP contribution >= 0.6 is 8.25 Å². The second-order valence-corrected chi connectivity index (χ2v) is 4.28. The zero-order valence-electron chi connectivity index (χ0n) is 10.6. The van der Waals surface area contributed by atoms with Gasteiger partial charge in [-0.1, -0.05) is 12.2 Å². The molecular weight excluding hydrogens is 271 g/mol. The fourth-order valence-corrected chi connectivity index (χ4v) is 1.84. The highest BCUT2D eigenvalue weighted by atomic mass is 31.1. The van der Waals surface area contributed by atoms with Crippen LogP contribution in [0.3, 0.4) is 0 Å². The third kappa shape index (κ3) is 7.67. The van der Waals surface area contributed by atoms with E-state index in [0.29, 0.717) is 0 Å². The van der Waals surface area contributed by atoms with E-state index >= 15 is 0 Å². The molecule has 20 heavy (non-hydrogen) atoms. The molecule has 0 radical (unpaired) electrons. The van der Waals surface area contributed by atoms with Crippen LogP contribution in [0.4, 0.5) is 0 Å². The van der Waals surface area contributed by atoms with Gasteiger partial charge in [0.1, 0.15) is 6.10 Å². The lowest BCUT2D eigenvalue weighted by atomic mass is 10.1. The SMILES string of the molecule is C#CC#CC#CC#CC#CO[P+](=O)OC1C=CCCC1. The molecule has 4 heteroatoms. The fraction of sp³-hybridized carbons (Fsp3) is 0.250. The summed E-state index contributed by atoms with van der Waals surface area (Å²) < 4.78 is 21.2. The molecule has 3 nitrogen and oxygen atoms in total. The van der Waals surface area contributed by atoms with Crippen molar-refractivity contribution in [3.63, 3.8) is 0 Å². The lowest BCUT2D eigenvalue weighted by molar-refractivity contribution is 0.211. The maximum Gasteiger partial charge on any atom is 0.759 e. The van der Waals surface area contributed by atoms with Crippen molar-refractivity contribution in [2.24, 2.45) is 0 Å². The summed E-state index contributed by atoms with van der Waals surface area (Å²) in [6.07, 6.45) is 13.7. The van der Waals surface area contributed by atoms with E-state index in [9.17, 15) is 4.57 Å². The topological polar surface area (TPSA) is 35.5 Å². The highest BCUT2D eigenvalue weighted by Gasteiger charge is 2.26. The number of hydrogen-bond donors (Lipinski definition) is 0. The van der Waals surface area contributed by atoms with Gasteiger partial charge in [0.15, 0.2) is 6.11 Å². The molecule has 1 rings (SSSR count). The van der Waals surface area contributed by atoms with Crippen molar-refractivity contribution in [1.29, 1.82) is 0 Å². The summed E-state index contributed by atoms with van der Waals surface area (Å²) in [7, 11) is -2.26. The summed E-state index contributed by atoms with van der Waals surface area (Å²) in [5.41, 5.74) is 0. The fourth-order valence-electron chi connectivity index (χ4n) is 1.28. The Morgan fingerprint density at radius 3 is 2.45 bits per heavy atom. The third-order valence-corrected chi connectivity index (χ3v) is 2.73. The van der Waals surface area contributed by atoms with E-state index < -0.39 is 8.25 Å². The van der Waals surface area contributed by atoms with Gasteiger partial charge in [0.25, 0.3) is 0 Å².